The molecule has 0 fully saturated rings. The summed E-state index contributed by atoms with van der Waals surface area (Å²) in [6.07, 6.45) is 0.134. The number of phenolic OH excluding ortho intramolecular Hbond substituents is 1. The molecule has 0 aliphatic carbocycles. The van der Waals surface area contributed by atoms with Crippen LogP contribution in [0.1, 0.15) is 18.0 Å². The molecule has 5 nitrogen and oxygen atoms in total. The van der Waals surface area contributed by atoms with E-state index in [0.717, 1.165) is 5.56 Å². The Labute approximate surface area is 123 Å². The van der Waals surface area contributed by atoms with Crippen LogP contribution in [0.15, 0.2) is 48.5 Å². The Morgan fingerprint density at radius 3 is 2.62 bits per heavy atom. The van der Waals surface area contributed by atoms with E-state index in [4.69, 9.17) is 10.5 Å². The van der Waals surface area contributed by atoms with Crippen LogP contribution in [0.25, 0.3) is 0 Å². The number of hydrogen-bond acceptors (Lipinski definition) is 4. The number of carbonyl (C=O) groups excluding carboxylic acids is 1. The molecule has 110 valence electrons. The van der Waals surface area contributed by atoms with E-state index in [-0.39, 0.29) is 24.1 Å². The number of methoxy groups -OCH3 is 1. The Morgan fingerprint density at radius 1 is 1.29 bits per heavy atom. The summed E-state index contributed by atoms with van der Waals surface area (Å²) in [6, 6.07) is 13.7. The van der Waals surface area contributed by atoms with Crippen molar-refractivity contribution in [1.29, 1.82) is 0 Å². The van der Waals surface area contributed by atoms with E-state index >= 15 is 0 Å². The molecule has 4 N–H and O–H groups in total. The number of rotatable bonds is 5. The maximum atomic E-state index is 12.0. The second-order valence-electron chi connectivity index (χ2n) is 4.65. The van der Waals surface area contributed by atoms with Gasteiger partial charge in [-0.3, -0.25) is 4.79 Å². The molecule has 2 rings (SSSR count). The molecule has 0 aliphatic rings. The van der Waals surface area contributed by atoms with Gasteiger partial charge in [0, 0.05) is 18.5 Å². The molecule has 1 amide bonds. The molecule has 2 aromatic carbocycles. The summed E-state index contributed by atoms with van der Waals surface area (Å²) >= 11 is 0. The lowest BCUT2D eigenvalue weighted by molar-refractivity contribution is -0.116. The smallest absolute Gasteiger partial charge is 0.226 e. The number of phenols is 1. The predicted octanol–water partition coefficient (Wildman–Crippen LogP) is 2.43. The first-order valence-electron chi connectivity index (χ1n) is 6.57. The zero-order valence-corrected chi connectivity index (χ0v) is 11.7. The van der Waals surface area contributed by atoms with Crippen LogP contribution in [-0.4, -0.2) is 18.1 Å². The molecule has 0 aliphatic heterocycles. The van der Waals surface area contributed by atoms with Crippen LogP contribution in [-0.2, 0) is 4.79 Å². The number of hydrogen-bond donors (Lipinski definition) is 3. The topological polar surface area (TPSA) is 84.6 Å². The van der Waals surface area contributed by atoms with Gasteiger partial charge in [0.05, 0.1) is 12.8 Å². The fourth-order valence-electron chi connectivity index (χ4n) is 1.96. The molecule has 5 heteroatoms. The van der Waals surface area contributed by atoms with Crippen molar-refractivity contribution in [3.63, 3.8) is 0 Å². The van der Waals surface area contributed by atoms with Crippen LogP contribution < -0.4 is 15.8 Å². The van der Waals surface area contributed by atoms with E-state index in [1.54, 1.807) is 12.1 Å². The largest absolute Gasteiger partial charge is 0.506 e. The molecule has 21 heavy (non-hydrogen) atoms. The number of benzene rings is 2. The molecule has 0 bridgehead atoms. The lowest BCUT2D eigenvalue weighted by Gasteiger charge is -2.13. The van der Waals surface area contributed by atoms with Crippen molar-refractivity contribution in [3.8, 4) is 11.5 Å². The van der Waals surface area contributed by atoms with Crippen LogP contribution in [0, 0.1) is 0 Å². The van der Waals surface area contributed by atoms with Crippen LogP contribution >= 0.6 is 0 Å². The zero-order chi connectivity index (χ0) is 15.2. The van der Waals surface area contributed by atoms with Crippen molar-refractivity contribution >= 4 is 11.6 Å². The molecule has 0 heterocycles. The number of amides is 1. The number of anilines is 1. The Bertz CT molecular complexity index is 614. The lowest BCUT2D eigenvalue weighted by Crippen LogP contribution is -2.20. The molecule has 1 unspecified atom stereocenters. The molecule has 0 saturated carbocycles. The van der Waals surface area contributed by atoms with Gasteiger partial charge >= 0.3 is 0 Å². The zero-order valence-electron chi connectivity index (χ0n) is 11.7. The van der Waals surface area contributed by atoms with Gasteiger partial charge in [-0.05, 0) is 17.7 Å². The molecule has 0 saturated heterocycles. The minimum Gasteiger partial charge on any atom is -0.506 e. The third-order valence-corrected chi connectivity index (χ3v) is 3.11. The van der Waals surface area contributed by atoms with Crippen LogP contribution in [0.4, 0.5) is 5.69 Å². The van der Waals surface area contributed by atoms with Crippen LogP contribution in [0.3, 0.4) is 0 Å². The van der Waals surface area contributed by atoms with Crippen molar-refractivity contribution in [2.24, 2.45) is 5.73 Å². The minimum atomic E-state index is -0.383. The van der Waals surface area contributed by atoms with Crippen molar-refractivity contribution in [2.45, 2.75) is 12.5 Å². The molecular formula is C16H18N2O3. The summed E-state index contributed by atoms with van der Waals surface area (Å²) in [4.78, 5) is 12.0. The van der Waals surface area contributed by atoms with Gasteiger partial charge in [0.25, 0.3) is 0 Å². The second-order valence-corrected chi connectivity index (χ2v) is 4.65. The first-order chi connectivity index (χ1) is 10.1. The van der Waals surface area contributed by atoms with Crippen molar-refractivity contribution in [3.05, 3.63) is 54.1 Å². The first-order valence-corrected chi connectivity index (χ1v) is 6.57. The predicted molar refractivity (Wildman–Crippen MR) is 81.3 cm³/mol. The highest BCUT2D eigenvalue weighted by Crippen LogP contribution is 2.28. The standard InChI is InChI=1S/C16H18N2O3/c1-21-12-7-8-14(15(19)9-12)18-16(20)10-13(17)11-5-3-2-4-6-11/h2-9,13,19H,10,17H2,1H3,(H,18,20). The van der Waals surface area contributed by atoms with Crippen molar-refractivity contribution < 1.29 is 14.6 Å². The van der Waals surface area contributed by atoms with E-state index in [0.29, 0.717) is 11.4 Å². The van der Waals surface area contributed by atoms with E-state index in [1.807, 2.05) is 30.3 Å². The van der Waals surface area contributed by atoms with Gasteiger partial charge in [0.2, 0.25) is 5.91 Å². The molecule has 0 aromatic heterocycles. The lowest BCUT2D eigenvalue weighted by atomic mass is 10.0. The quantitative estimate of drug-likeness (QED) is 0.737. The SMILES string of the molecule is COc1ccc(NC(=O)CC(N)c2ccccc2)c(O)c1. The highest BCUT2D eigenvalue weighted by Gasteiger charge is 2.13. The van der Waals surface area contributed by atoms with Gasteiger partial charge in [-0.15, -0.1) is 0 Å². The van der Waals surface area contributed by atoms with E-state index in [2.05, 4.69) is 5.32 Å². The number of aromatic hydroxyl groups is 1. The summed E-state index contributed by atoms with van der Waals surface area (Å²) in [5, 5.41) is 12.4. The van der Waals surface area contributed by atoms with Gasteiger partial charge in [-0.1, -0.05) is 30.3 Å². The number of nitrogens with one attached hydrogen (secondary N) is 1. The van der Waals surface area contributed by atoms with Gasteiger partial charge in [-0.2, -0.15) is 0 Å². The van der Waals surface area contributed by atoms with Gasteiger partial charge in [0.15, 0.2) is 0 Å². The van der Waals surface area contributed by atoms with Crippen molar-refractivity contribution in [1.82, 2.24) is 0 Å². The maximum Gasteiger partial charge on any atom is 0.226 e. The van der Waals surface area contributed by atoms with E-state index in [1.165, 1.54) is 13.2 Å². The summed E-state index contributed by atoms with van der Waals surface area (Å²) < 4.78 is 4.98. The second kappa shape index (κ2) is 6.76. The average Bonchev–Trinajstić information content (AvgIpc) is 2.50. The molecule has 2 aromatic rings. The Morgan fingerprint density at radius 2 is 2.00 bits per heavy atom. The Hall–Kier alpha value is -2.53. The van der Waals surface area contributed by atoms with Gasteiger partial charge < -0.3 is 20.9 Å². The fraction of sp³-hybridized carbons (Fsp3) is 0.188. The van der Waals surface area contributed by atoms with Gasteiger partial charge in [-0.25, -0.2) is 0 Å². The summed E-state index contributed by atoms with van der Waals surface area (Å²) in [7, 11) is 1.51. The monoisotopic (exact) mass is 286 g/mol. The van der Waals surface area contributed by atoms with E-state index < -0.39 is 0 Å². The maximum absolute atomic E-state index is 12.0. The number of carbonyl (C=O) groups is 1. The fourth-order valence-corrected chi connectivity index (χ4v) is 1.96. The molecular weight excluding hydrogens is 268 g/mol. The number of ether oxygens (including phenoxy) is 1. The normalized spacial score (nSPS) is 11.7. The first kappa shape index (κ1) is 14.9. The minimum absolute atomic E-state index is 0.0454. The highest BCUT2D eigenvalue weighted by atomic mass is 16.5. The summed E-state index contributed by atoms with van der Waals surface area (Å²) in [6.45, 7) is 0. The molecule has 0 radical (unpaired) electrons. The van der Waals surface area contributed by atoms with Crippen LogP contribution in [0.2, 0.25) is 0 Å². The summed E-state index contributed by atoms with van der Waals surface area (Å²) in [5.74, 6) is 0.217. The third kappa shape index (κ3) is 3.97. The van der Waals surface area contributed by atoms with Gasteiger partial charge in [0.1, 0.15) is 11.5 Å². The van der Waals surface area contributed by atoms with Crippen LogP contribution in [0.5, 0.6) is 11.5 Å². The molecule has 0 spiro atoms. The Balaban J connectivity index is 1.99. The Kier molecular flexibility index (Phi) is 4.79. The van der Waals surface area contributed by atoms with E-state index in [9.17, 15) is 9.90 Å². The van der Waals surface area contributed by atoms with Crippen molar-refractivity contribution in [2.75, 3.05) is 12.4 Å². The molecule has 1 atom stereocenters. The average molecular weight is 286 g/mol. The highest BCUT2D eigenvalue weighted by molar-refractivity contribution is 5.92. The summed E-state index contributed by atoms with van der Waals surface area (Å²) in [5.41, 5.74) is 7.22. The number of nitrogens with two attached hydrogens (primary N) is 1. The third-order valence-electron chi connectivity index (χ3n) is 3.11.